The Morgan fingerprint density at radius 1 is 1.50 bits per heavy atom. The number of ether oxygens (including phenoxy) is 1. The second-order valence-electron chi connectivity index (χ2n) is 3.47. The van der Waals surface area contributed by atoms with Crippen molar-refractivity contribution in [1.29, 1.82) is 0 Å². The number of aromatic nitrogens is 2. The SMILES string of the molecule is CCCOc1nnc(CNC2CC2)s1. The number of nitrogens with zero attached hydrogens (tertiary/aromatic N) is 2. The molecule has 78 valence electrons. The van der Waals surface area contributed by atoms with Gasteiger partial charge in [-0.15, -0.1) is 10.2 Å². The minimum atomic E-state index is 0.694. The molecule has 0 aromatic carbocycles. The summed E-state index contributed by atoms with van der Waals surface area (Å²) in [5, 5.41) is 13.1. The van der Waals surface area contributed by atoms with Gasteiger partial charge in [0.1, 0.15) is 5.01 Å². The molecule has 1 aliphatic rings. The highest BCUT2D eigenvalue weighted by Crippen LogP contribution is 2.21. The first kappa shape index (κ1) is 9.86. The van der Waals surface area contributed by atoms with E-state index in [-0.39, 0.29) is 0 Å². The van der Waals surface area contributed by atoms with Crippen LogP contribution < -0.4 is 10.1 Å². The summed E-state index contributed by atoms with van der Waals surface area (Å²) in [7, 11) is 0. The van der Waals surface area contributed by atoms with Gasteiger partial charge < -0.3 is 10.1 Å². The minimum Gasteiger partial charge on any atom is -0.469 e. The molecule has 1 N–H and O–H groups in total. The third-order valence-electron chi connectivity index (χ3n) is 2.00. The van der Waals surface area contributed by atoms with Crippen LogP contribution in [0.2, 0.25) is 0 Å². The number of nitrogens with one attached hydrogen (secondary N) is 1. The average Bonchev–Trinajstić information content (AvgIpc) is 2.92. The lowest BCUT2D eigenvalue weighted by Crippen LogP contribution is -2.14. The molecule has 0 bridgehead atoms. The van der Waals surface area contributed by atoms with Gasteiger partial charge in [0.2, 0.25) is 0 Å². The maximum Gasteiger partial charge on any atom is 0.294 e. The van der Waals surface area contributed by atoms with Crippen molar-refractivity contribution < 1.29 is 4.74 Å². The third-order valence-corrected chi connectivity index (χ3v) is 2.83. The van der Waals surface area contributed by atoms with Crippen LogP contribution in [0.4, 0.5) is 0 Å². The van der Waals surface area contributed by atoms with Crippen molar-refractivity contribution in [2.75, 3.05) is 6.61 Å². The van der Waals surface area contributed by atoms with Crippen molar-refractivity contribution in [3.63, 3.8) is 0 Å². The first-order valence-corrected chi connectivity index (χ1v) is 5.88. The highest BCUT2D eigenvalue weighted by atomic mass is 32.1. The van der Waals surface area contributed by atoms with E-state index >= 15 is 0 Å². The molecular formula is C9H15N3OS. The average molecular weight is 213 g/mol. The molecule has 0 spiro atoms. The van der Waals surface area contributed by atoms with E-state index in [1.54, 1.807) is 0 Å². The summed E-state index contributed by atoms with van der Waals surface area (Å²) in [5.41, 5.74) is 0. The summed E-state index contributed by atoms with van der Waals surface area (Å²) < 4.78 is 5.38. The van der Waals surface area contributed by atoms with Gasteiger partial charge in [-0.3, -0.25) is 0 Å². The molecule has 5 heteroatoms. The van der Waals surface area contributed by atoms with Crippen LogP contribution in [-0.2, 0) is 6.54 Å². The Balaban J connectivity index is 1.76. The van der Waals surface area contributed by atoms with Crippen molar-refractivity contribution >= 4 is 11.3 Å². The van der Waals surface area contributed by atoms with Crippen LogP contribution in [0.5, 0.6) is 5.19 Å². The standard InChI is InChI=1S/C9H15N3OS/c1-2-5-13-9-12-11-8(14-9)6-10-7-3-4-7/h7,10H,2-6H2,1H3. The molecule has 0 unspecified atom stereocenters. The van der Waals surface area contributed by atoms with Crippen molar-refractivity contribution in [3.05, 3.63) is 5.01 Å². The number of rotatable bonds is 6. The molecule has 1 aliphatic carbocycles. The van der Waals surface area contributed by atoms with Crippen molar-refractivity contribution in [2.24, 2.45) is 0 Å². The Kier molecular flexibility index (Phi) is 3.31. The third kappa shape index (κ3) is 2.92. The topological polar surface area (TPSA) is 47.0 Å². The van der Waals surface area contributed by atoms with Crippen LogP contribution in [0.25, 0.3) is 0 Å². The maximum atomic E-state index is 5.38. The molecule has 1 heterocycles. The smallest absolute Gasteiger partial charge is 0.294 e. The van der Waals surface area contributed by atoms with E-state index < -0.39 is 0 Å². The predicted molar refractivity (Wildman–Crippen MR) is 55.6 cm³/mol. The Labute approximate surface area is 87.7 Å². The van der Waals surface area contributed by atoms with Crippen molar-refractivity contribution in [2.45, 2.75) is 38.8 Å². The summed E-state index contributed by atoms with van der Waals surface area (Å²) in [6.45, 7) is 3.64. The molecule has 0 radical (unpaired) electrons. The summed E-state index contributed by atoms with van der Waals surface area (Å²) in [6, 6.07) is 0.721. The zero-order valence-electron chi connectivity index (χ0n) is 8.32. The van der Waals surface area contributed by atoms with E-state index in [1.807, 2.05) is 0 Å². The summed E-state index contributed by atoms with van der Waals surface area (Å²) in [4.78, 5) is 0. The molecular weight excluding hydrogens is 198 g/mol. The van der Waals surface area contributed by atoms with Gasteiger partial charge in [0.15, 0.2) is 0 Å². The second kappa shape index (κ2) is 4.70. The molecule has 14 heavy (non-hydrogen) atoms. The Hall–Kier alpha value is -0.680. The molecule has 4 nitrogen and oxygen atoms in total. The fourth-order valence-electron chi connectivity index (χ4n) is 1.08. The van der Waals surface area contributed by atoms with Crippen LogP contribution >= 0.6 is 11.3 Å². The fraction of sp³-hybridized carbons (Fsp3) is 0.778. The Morgan fingerprint density at radius 2 is 2.36 bits per heavy atom. The van der Waals surface area contributed by atoms with Crippen LogP contribution in [0.1, 0.15) is 31.2 Å². The lowest BCUT2D eigenvalue weighted by molar-refractivity contribution is 0.313. The van der Waals surface area contributed by atoms with Crippen molar-refractivity contribution in [1.82, 2.24) is 15.5 Å². The first-order valence-electron chi connectivity index (χ1n) is 5.07. The molecule has 1 aromatic heterocycles. The lowest BCUT2D eigenvalue weighted by atomic mass is 10.5. The van der Waals surface area contributed by atoms with Gasteiger partial charge in [-0.05, 0) is 19.3 Å². The highest BCUT2D eigenvalue weighted by molar-refractivity contribution is 7.13. The van der Waals surface area contributed by atoms with E-state index in [2.05, 4.69) is 22.4 Å². The largest absolute Gasteiger partial charge is 0.469 e. The van der Waals surface area contributed by atoms with Crippen LogP contribution in [0, 0.1) is 0 Å². The molecule has 0 amide bonds. The summed E-state index contributed by atoms with van der Waals surface area (Å²) in [5.74, 6) is 0. The quantitative estimate of drug-likeness (QED) is 0.779. The van der Waals surface area contributed by atoms with Gasteiger partial charge in [-0.1, -0.05) is 18.3 Å². The lowest BCUT2D eigenvalue weighted by Gasteiger charge is -1.96. The minimum absolute atomic E-state index is 0.694. The molecule has 0 saturated heterocycles. The molecule has 1 saturated carbocycles. The maximum absolute atomic E-state index is 5.38. The molecule has 2 rings (SSSR count). The van der Waals surface area contributed by atoms with E-state index in [1.165, 1.54) is 24.2 Å². The fourth-order valence-corrected chi connectivity index (χ4v) is 1.74. The predicted octanol–water partition coefficient (Wildman–Crippen LogP) is 1.58. The molecule has 0 aliphatic heterocycles. The normalized spacial score (nSPS) is 15.8. The van der Waals surface area contributed by atoms with Gasteiger partial charge in [-0.2, -0.15) is 0 Å². The van der Waals surface area contributed by atoms with Gasteiger partial charge in [-0.25, -0.2) is 0 Å². The number of hydrogen-bond donors (Lipinski definition) is 1. The summed E-state index contributed by atoms with van der Waals surface area (Å²) in [6.07, 6.45) is 3.62. The molecule has 0 atom stereocenters. The number of hydrogen-bond acceptors (Lipinski definition) is 5. The van der Waals surface area contributed by atoms with Crippen molar-refractivity contribution in [3.8, 4) is 5.19 Å². The van der Waals surface area contributed by atoms with E-state index in [0.29, 0.717) is 5.19 Å². The van der Waals surface area contributed by atoms with E-state index in [9.17, 15) is 0 Å². The Morgan fingerprint density at radius 3 is 3.07 bits per heavy atom. The van der Waals surface area contributed by atoms with Crippen LogP contribution in [0.3, 0.4) is 0 Å². The summed E-state index contributed by atoms with van der Waals surface area (Å²) >= 11 is 1.54. The zero-order valence-corrected chi connectivity index (χ0v) is 9.14. The Bertz CT molecular complexity index is 285. The second-order valence-corrected chi connectivity index (χ2v) is 4.49. The van der Waals surface area contributed by atoms with Crippen LogP contribution in [-0.4, -0.2) is 22.8 Å². The van der Waals surface area contributed by atoms with E-state index in [4.69, 9.17) is 4.74 Å². The van der Waals surface area contributed by atoms with E-state index in [0.717, 1.165) is 30.6 Å². The molecule has 1 aromatic rings. The molecule has 1 fully saturated rings. The monoisotopic (exact) mass is 213 g/mol. The zero-order chi connectivity index (χ0) is 9.80. The van der Waals surface area contributed by atoms with Crippen LogP contribution in [0.15, 0.2) is 0 Å². The van der Waals surface area contributed by atoms with Gasteiger partial charge in [0, 0.05) is 6.04 Å². The van der Waals surface area contributed by atoms with Gasteiger partial charge in [0.05, 0.1) is 13.2 Å². The van der Waals surface area contributed by atoms with Gasteiger partial charge in [0.25, 0.3) is 5.19 Å². The first-order chi connectivity index (χ1) is 6.88. The van der Waals surface area contributed by atoms with Gasteiger partial charge >= 0.3 is 0 Å². The highest BCUT2D eigenvalue weighted by Gasteiger charge is 2.20.